The molecule has 0 radical (unpaired) electrons. The van der Waals surface area contributed by atoms with Crippen LogP contribution in [0.4, 0.5) is 11.4 Å². The van der Waals surface area contributed by atoms with Gasteiger partial charge in [0.2, 0.25) is 0 Å². The van der Waals surface area contributed by atoms with E-state index in [-0.39, 0.29) is 22.7 Å². The van der Waals surface area contributed by atoms with Gasteiger partial charge in [0, 0.05) is 6.07 Å². The van der Waals surface area contributed by atoms with Crippen LogP contribution in [-0.4, -0.2) is 51.9 Å². The number of amides is 1. The number of nitro benzene ring substituents is 1. The number of ether oxygens (including phenoxy) is 1. The molecule has 0 fully saturated rings. The molecule has 0 aliphatic carbocycles. The SMILES string of the molecule is COc1cc([N+](=O)[O-])c(S(=O)(=O)O)cc1-[n+]1[nH]nnc1C(=O)NNc1ccccc1.[OH-]. The number of nitrogens with one attached hydrogen (secondary N) is 3. The Labute approximate surface area is 173 Å². The van der Waals surface area contributed by atoms with Crippen molar-refractivity contribution in [2.24, 2.45) is 0 Å². The number of para-hydroxylation sites is 1. The van der Waals surface area contributed by atoms with Crippen molar-refractivity contribution < 1.29 is 37.6 Å². The average Bonchev–Trinajstić information content (AvgIpc) is 3.20. The minimum absolute atomic E-state index is 0. The van der Waals surface area contributed by atoms with E-state index in [9.17, 15) is 27.9 Å². The predicted molar refractivity (Wildman–Crippen MR) is 100 cm³/mol. The van der Waals surface area contributed by atoms with Crippen LogP contribution in [0.3, 0.4) is 0 Å². The van der Waals surface area contributed by atoms with Gasteiger partial charge in [-0.3, -0.25) is 30.3 Å². The Kier molecular flexibility index (Phi) is 6.80. The average molecular weight is 453 g/mol. The summed E-state index contributed by atoms with van der Waals surface area (Å²) < 4.78 is 38.6. The van der Waals surface area contributed by atoms with Crippen molar-refractivity contribution in [2.45, 2.75) is 4.90 Å². The number of hydrogen-bond acceptors (Lipinski definition) is 10. The Morgan fingerprint density at radius 3 is 2.55 bits per heavy atom. The second-order valence-corrected chi connectivity index (χ2v) is 7.02. The number of nitrogens with zero attached hydrogens (tertiary/aromatic N) is 4. The quantitative estimate of drug-likeness (QED) is 0.159. The maximum atomic E-state index is 12.5. The van der Waals surface area contributed by atoms with Crippen LogP contribution in [0.2, 0.25) is 0 Å². The fraction of sp³-hybridized carbons (Fsp3) is 0.0667. The van der Waals surface area contributed by atoms with Crippen molar-refractivity contribution >= 4 is 27.4 Å². The molecule has 1 amide bonds. The molecule has 0 bridgehead atoms. The third kappa shape index (κ3) is 4.89. The molecule has 16 heteroatoms. The van der Waals surface area contributed by atoms with E-state index in [0.29, 0.717) is 5.69 Å². The van der Waals surface area contributed by atoms with Gasteiger partial charge in [0.05, 0.1) is 23.8 Å². The van der Waals surface area contributed by atoms with Gasteiger partial charge in [0.15, 0.2) is 21.5 Å². The van der Waals surface area contributed by atoms with Crippen LogP contribution in [0.5, 0.6) is 5.75 Å². The Morgan fingerprint density at radius 2 is 1.97 bits per heavy atom. The molecule has 2 aromatic carbocycles. The largest absolute Gasteiger partial charge is 0.870 e. The van der Waals surface area contributed by atoms with Crippen LogP contribution < -0.4 is 20.3 Å². The summed E-state index contributed by atoms with van der Waals surface area (Å²) >= 11 is 0. The summed E-state index contributed by atoms with van der Waals surface area (Å²) in [5, 5.41) is 20.7. The number of H-pyrrole nitrogens is 1. The highest BCUT2D eigenvalue weighted by molar-refractivity contribution is 7.86. The number of anilines is 1. The molecule has 0 spiro atoms. The fourth-order valence-electron chi connectivity index (χ4n) is 2.45. The van der Waals surface area contributed by atoms with Crippen LogP contribution in [0.25, 0.3) is 5.69 Å². The van der Waals surface area contributed by atoms with Crippen LogP contribution in [0, 0.1) is 10.1 Å². The number of hydrogen-bond donors (Lipinski definition) is 4. The number of aromatic amines is 1. The van der Waals surface area contributed by atoms with Crippen molar-refractivity contribution in [3.63, 3.8) is 0 Å². The van der Waals surface area contributed by atoms with E-state index in [1.807, 2.05) is 0 Å². The molecule has 15 nitrogen and oxygen atoms in total. The van der Waals surface area contributed by atoms with E-state index >= 15 is 0 Å². The normalized spacial score (nSPS) is 10.6. The minimum Gasteiger partial charge on any atom is -0.870 e. The summed E-state index contributed by atoms with van der Waals surface area (Å²) in [4.78, 5) is 21.7. The number of methoxy groups -OCH3 is 1. The van der Waals surface area contributed by atoms with Crippen LogP contribution >= 0.6 is 0 Å². The Morgan fingerprint density at radius 1 is 1.29 bits per heavy atom. The summed E-state index contributed by atoms with van der Waals surface area (Å²) in [5.41, 5.74) is 4.51. The molecular weight excluding hydrogens is 438 g/mol. The fourth-order valence-corrected chi connectivity index (χ4v) is 3.11. The Bertz CT molecular complexity index is 1210. The zero-order valence-corrected chi connectivity index (χ0v) is 16.4. The lowest BCUT2D eigenvalue weighted by atomic mass is 10.2. The molecule has 3 rings (SSSR count). The molecule has 31 heavy (non-hydrogen) atoms. The van der Waals surface area contributed by atoms with Gasteiger partial charge in [-0.2, -0.15) is 8.42 Å². The van der Waals surface area contributed by atoms with Crippen molar-refractivity contribution in [1.29, 1.82) is 0 Å². The summed E-state index contributed by atoms with van der Waals surface area (Å²) in [6.45, 7) is 0. The van der Waals surface area contributed by atoms with E-state index < -0.39 is 31.5 Å². The number of hydrazine groups is 1. The zero-order chi connectivity index (χ0) is 21.9. The zero-order valence-electron chi connectivity index (χ0n) is 15.6. The second kappa shape index (κ2) is 9.11. The molecular formula is C15H15N7O8S. The Balaban J connectivity index is 0.00000341. The Hall–Kier alpha value is -4.15. The first-order valence-electron chi connectivity index (χ1n) is 8.01. The molecule has 0 atom stereocenters. The number of carbonyl (C=O) groups excluding carboxylic acids is 1. The molecule has 5 N–H and O–H groups in total. The molecule has 0 unspecified atom stereocenters. The van der Waals surface area contributed by atoms with Gasteiger partial charge in [-0.15, -0.1) is 4.68 Å². The molecule has 164 valence electrons. The number of carbonyl (C=O) groups is 1. The highest BCUT2D eigenvalue weighted by Gasteiger charge is 2.33. The van der Waals surface area contributed by atoms with Crippen molar-refractivity contribution in [3.8, 4) is 11.4 Å². The lowest BCUT2D eigenvalue weighted by Crippen LogP contribution is -2.44. The summed E-state index contributed by atoms with van der Waals surface area (Å²) in [6, 6.07) is 10.2. The first-order chi connectivity index (χ1) is 14.2. The van der Waals surface area contributed by atoms with E-state index in [1.54, 1.807) is 30.3 Å². The van der Waals surface area contributed by atoms with Gasteiger partial charge in [-0.25, -0.2) is 0 Å². The van der Waals surface area contributed by atoms with Gasteiger partial charge in [0.1, 0.15) is 5.10 Å². The third-order valence-electron chi connectivity index (χ3n) is 3.77. The lowest BCUT2D eigenvalue weighted by molar-refractivity contribution is -0.662. The second-order valence-electron chi connectivity index (χ2n) is 5.63. The lowest BCUT2D eigenvalue weighted by Gasteiger charge is -2.09. The van der Waals surface area contributed by atoms with E-state index in [1.165, 1.54) is 7.11 Å². The highest BCUT2D eigenvalue weighted by atomic mass is 32.2. The molecule has 1 heterocycles. The summed E-state index contributed by atoms with van der Waals surface area (Å²) in [5.74, 6) is -1.30. The topological polar surface area (TPSA) is 223 Å². The van der Waals surface area contributed by atoms with Gasteiger partial charge >= 0.3 is 21.8 Å². The minimum atomic E-state index is -4.97. The highest BCUT2D eigenvalue weighted by Crippen LogP contribution is 2.32. The standard InChI is InChI=1S/C15H13N7O7S.H2O/c1-29-12-7-11(22(24)25)13(30(26,27)28)8-10(12)21-14(17-19-20-21)15(23)18-16-9-5-3-2-4-6-9;/h2-8H,1H3,(H3,16,17,18,19,20,23,26,27,28);1H2. The molecule has 1 aromatic heterocycles. The molecule has 3 aromatic rings. The van der Waals surface area contributed by atoms with Gasteiger partial charge < -0.3 is 10.2 Å². The van der Waals surface area contributed by atoms with E-state index in [0.717, 1.165) is 16.8 Å². The van der Waals surface area contributed by atoms with Gasteiger partial charge in [-0.1, -0.05) is 23.4 Å². The van der Waals surface area contributed by atoms with Crippen molar-refractivity contribution in [1.82, 2.24) is 21.0 Å². The first kappa shape index (κ1) is 23.1. The summed E-state index contributed by atoms with van der Waals surface area (Å²) in [6.07, 6.45) is 0. The van der Waals surface area contributed by atoms with Crippen LogP contribution in [-0.2, 0) is 10.1 Å². The number of aromatic nitrogens is 4. The monoisotopic (exact) mass is 453 g/mol. The smallest absolute Gasteiger partial charge is 0.396 e. The number of benzene rings is 2. The molecule has 0 aliphatic rings. The van der Waals surface area contributed by atoms with Gasteiger partial charge in [-0.05, 0) is 12.1 Å². The van der Waals surface area contributed by atoms with Gasteiger partial charge in [0.25, 0.3) is 5.69 Å². The third-order valence-corrected chi connectivity index (χ3v) is 4.66. The van der Waals surface area contributed by atoms with Crippen molar-refractivity contribution in [3.05, 3.63) is 58.4 Å². The number of nitro groups is 1. The molecule has 0 saturated carbocycles. The van der Waals surface area contributed by atoms with E-state index in [2.05, 4.69) is 26.4 Å². The predicted octanol–water partition coefficient (Wildman–Crippen LogP) is -0.175. The molecule has 0 aliphatic heterocycles. The first-order valence-corrected chi connectivity index (χ1v) is 9.45. The van der Waals surface area contributed by atoms with E-state index in [4.69, 9.17) is 4.74 Å². The van der Waals surface area contributed by atoms with Crippen molar-refractivity contribution in [2.75, 3.05) is 12.5 Å². The maximum absolute atomic E-state index is 12.5. The summed E-state index contributed by atoms with van der Waals surface area (Å²) in [7, 11) is -3.80. The maximum Gasteiger partial charge on any atom is 0.396 e. The molecule has 0 saturated heterocycles. The number of tetrazole rings is 1. The van der Waals surface area contributed by atoms with Crippen LogP contribution in [0.1, 0.15) is 10.6 Å². The number of rotatable bonds is 7. The van der Waals surface area contributed by atoms with Crippen LogP contribution in [0.15, 0.2) is 47.4 Å².